The largest absolute Gasteiger partial charge is 0.465 e. The monoisotopic (exact) mass is 431 g/mol. The van der Waals surface area contributed by atoms with Crippen LogP contribution in [0.4, 0.5) is 5.69 Å². The van der Waals surface area contributed by atoms with Crippen molar-refractivity contribution in [2.45, 2.75) is 12.8 Å². The van der Waals surface area contributed by atoms with E-state index in [0.717, 1.165) is 0 Å². The van der Waals surface area contributed by atoms with E-state index in [9.17, 15) is 19.2 Å². The zero-order valence-electron chi connectivity index (χ0n) is 16.3. The smallest absolute Gasteiger partial charge is 0.345 e. The third kappa shape index (κ3) is 4.44. The Bertz CT molecular complexity index is 1000. The van der Waals surface area contributed by atoms with Gasteiger partial charge in [0.15, 0.2) is 0 Å². The number of ether oxygens (including phenoxy) is 3. The Morgan fingerprint density at radius 3 is 2.10 bits per heavy atom. The van der Waals surface area contributed by atoms with Gasteiger partial charge in [0.25, 0.3) is 0 Å². The van der Waals surface area contributed by atoms with Crippen molar-refractivity contribution in [2.75, 3.05) is 25.7 Å². The molecule has 0 aliphatic carbocycles. The van der Waals surface area contributed by atoms with Crippen LogP contribution in [0.1, 0.15) is 43.9 Å². The highest BCUT2D eigenvalue weighted by molar-refractivity contribution is 6.31. The Hall–Kier alpha value is -3.39. The second kappa shape index (κ2) is 8.96. The molecule has 0 radical (unpaired) electrons. The number of methoxy groups -OCH3 is 2. The number of hydrogen-bond acceptors (Lipinski definition) is 7. The van der Waals surface area contributed by atoms with Gasteiger partial charge in [-0.05, 0) is 42.8 Å². The number of esters is 3. The molecule has 30 heavy (non-hydrogen) atoms. The van der Waals surface area contributed by atoms with E-state index < -0.39 is 17.9 Å². The van der Waals surface area contributed by atoms with Gasteiger partial charge >= 0.3 is 17.9 Å². The molecular formula is C21H18ClNO7. The molecule has 0 atom stereocenters. The highest BCUT2D eigenvalue weighted by Crippen LogP contribution is 2.30. The fourth-order valence-electron chi connectivity index (χ4n) is 3.09. The zero-order valence-corrected chi connectivity index (χ0v) is 17.0. The zero-order chi connectivity index (χ0) is 21.8. The predicted octanol–water partition coefficient (Wildman–Crippen LogP) is 3.26. The van der Waals surface area contributed by atoms with Crippen molar-refractivity contribution in [1.29, 1.82) is 0 Å². The van der Waals surface area contributed by atoms with E-state index in [-0.39, 0.29) is 28.3 Å². The number of halogens is 1. The standard InChI is InChI=1S/C21H18ClNO7/c1-28-19(25)12-8-13(20(26)29-2)10-15(9-12)30-21(27)16-6-5-14(22)11-17(16)23-7-3-4-18(23)24/h5-6,8-11H,3-4,7H2,1-2H3. The minimum atomic E-state index is -0.779. The lowest BCUT2D eigenvalue weighted by Gasteiger charge is -2.19. The molecule has 9 heteroatoms. The van der Waals surface area contributed by atoms with Gasteiger partial charge in [-0.1, -0.05) is 11.6 Å². The van der Waals surface area contributed by atoms with Gasteiger partial charge in [0.1, 0.15) is 5.75 Å². The van der Waals surface area contributed by atoms with Gasteiger partial charge in [-0.15, -0.1) is 0 Å². The Labute approximate surface area is 177 Å². The van der Waals surface area contributed by atoms with Crippen LogP contribution in [0.3, 0.4) is 0 Å². The summed E-state index contributed by atoms with van der Waals surface area (Å²) in [5.74, 6) is -2.39. The SMILES string of the molecule is COC(=O)c1cc(OC(=O)c2ccc(Cl)cc2N2CCCC2=O)cc(C(=O)OC)c1. The number of carbonyl (C=O) groups excluding carboxylic acids is 4. The lowest BCUT2D eigenvalue weighted by Crippen LogP contribution is -2.26. The van der Waals surface area contributed by atoms with E-state index in [1.54, 1.807) is 0 Å². The quantitative estimate of drug-likeness (QED) is 0.529. The van der Waals surface area contributed by atoms with Gasteiger partial charge in [-0.25, -0.2) is 14.4 Å². The summed E-state index contributed by atoms with van der Waals surface area (Å²) in [5, 5.41) is 0.363. The van der Waals surface area contributed by atoms with E-state index in [1.807, 2.05) is 0 Å². The molecule has 1 saturated heterocycles. The number of nitrogens with zero attached hydrogens (tertiary/aromatic N) is 1. The van der Waals surface area contributed by atoms with Crippen LogP contribution in [0.2, 0.25) is 5.02 Å². The Morgan fingerprint density at radius 1 is 0.933 bits per heavy atom. The molecule has 0 spiro atoms. The van der Waals surface area contributed by atoms with Gasteiger partial charge in [0, 0.05) is 18.0 Å². The Morgan fingerprint density at radius 2 is 1.57 bits per heavy atom. The van der Waals surface area contributed by atoms with Crippen LogP contribution in [0.25, 0.3) is 0 Å². The number of anilines is 1. The molecule has 0 N–H and O–H groups in total. The molecule has 0 bridgehead atoms. The average Bonchev–Trinajstić information content (AvgIpc) is 3.17. The minimum absolute atomic E-state index is 0.00857. The van der Waals surface area contributed by atoms with Crippen molar-refractivity contribution in [2.24, 2.45) is 0 Å². The molecule has 3 rings (SSSR count). The summed E-state index contributed by atoms with van der Waals surface area (Å²) in [4.78, 5) is 50.3. The summed E-state index contributed by atoms with van der Waals surface area (Å²) in [6, 6.07) is 8.29. The second-order valence-corrected chi connectivity index (χ2v) is 6.87. The Balaban J connectivity index is 1.97. The van der Waals surface area contributed by atoms with Gasteiger partial charge in [-0.2, -0.15) is 0 Å². The molecule has 1 aliphatic heterocycles. The first kappa shape index (κ1) is 21.3. The molecule has 0 unspecified atom stereocenters. The van der Waals surface area contributed by atoms with Gasteiger partial charge in [-0.3, -0.25) is 4.79 Å². The predicted molar refractivity (Wildman–Crippen MR) is 107 cm³/mol. The summed E-state index contributed by atoms with van der Waals surface area (Å²) in [6.45, 7) is 0.462. The fourth-order valence-corrected chi connectivity index (χ4v) is 3.26. The van der Waals surface area contributed by atoms with Gasteiger partial charge < -0.3 is 19.1 Å². The van der Waals surface area contributed by atoms with Crippen molar-refractivity contribution in [3.63, 3.8) is 0 Å². The maximum Gasteiger partial charge on any atom is 0.345 e. The van der Waals surface area contributed by atoms with Crippen LogP contribution < -0.4 is 9.64 Å². The van der Waals surface area contributed by atoms with Crippen LogP contribution in [-0.4, -0.2) is 44.6 Å². The number of amides is 1. The molecule has 1 fully saturated rings. The molecule has 0 saturated carbocycles. The normalized spacial score (nSPS) is 13.2. The maximum atomic E-state index is 12.9. The van der Waals surface area contributed by atoms with E-state index in [0.29, 0.717) is 30.1 Å². The third-order valence-corrected chi connectivity index (χ3v) is 4.74. The first-order valence-corrected chi connectivity index (χ1v) is 9.35. The summed E-state index contributed by atoms with van der Waals surface area (Å²) >= 11 is 6.06. The molecule has 1 heterocycles. The molecule has 1 amide bonds. The molecule has 2 aromatic rings. The van der Waals surface area contributed by atoms with Crippen LogP contribution in [-0.2, 0) is 14.3 Å². The van der Waals surface area contributed by atoms with Gasteiger partial charge in [0.05, 0.1) is 36.6 Å². The first-order valence-electron chi connectivity index (χ1n) is 8.98. The van der Waals surface area contributed by atoms with Crippen LogP contribution in [0.5, 0.6) is 5.75 Å². The number of rotatable bonds is 5. The molecule has 1 aliphatic rings. The summed E-state index contributed by atoms with van der Waals surface area (Å²) < 4.78 is 14.8. The number of hydrogen-bond donors (Lipinski definition) is 0. The molecule has 8 nitrogen and oxygen atoms in total. The first-order chi connectivity index (χ1) is 14.3. The topological polar surface area (TPSA) is 99.2 Å². The van der Waals surface area contributed by atoms with E-state index >= 15 is 0 Å². The highest BCUT2D eigenvalue weighted by atomic mass is 35.5. The van der Waals surface area contributed by atoms with Crippen molar-refractivity contribution in [3.05, 3.63) is 58.1 Å². The molecular weight excluding hydrogens is 414 g/mol. The second-order valence-electron chi connectivity index (χ2n) is 6.43. The van der Waals surface area contributed by atoms with Crippen molar-refractivity contribution in [3.8, 4) is 5.75 Å². The van der Waals surface area contributed by atoms with Crippen molar-refractivity contribution < 1.29 is 33.4 Å². The summed E-state index contributed by atoms with van der Waals surface area (Å²) in [7, 11) is 2.37. The number of carbonyl (C=O) groups is 4. The lowest BCUT2D eigenvalue weighted by atomic mass is 10.1. The minimum Gasteiger partial charge on any atom is -0.465 e. The molecule has 156 valence electrons. The molecule has 0 aromatic heterocycles. The van der Waals surface area contributed by atoms with Crippen LogP contribution in [0.15, 0.2) is 36.4 Å². The van der Waals surface area contributed by atoms with E-state index in [2.05, 4.69) is 9.47 Å². The summed E-state index contributed by atoms with van der Waals surface area (Å²) in [5.41, 5.74) is 0.480. The molecule has 2 aromatic carbocycles. The van der Waals surface area contributed by atoms with E-state index in [4.69, 9.17) is 16.3 Å². The van der Waals surface area contributed by atoms with Crippen molar-refractivity contribution in [1.82, 2.24) is 0 Å². The van der Waals surface area contributed by atoms with Crippen LogP contribution >= 0.6 is 11.6 Å². The average molecular weight is 432 g/mol. The highest BCUT2D eigenvalue weighted by Gasteiger charge is 2.27. The van der Waals surface area contributed by atoms with Gasteiger partial charge in [0.2, 0.25) is 5.91 Å². The number of benzene rings is 2. The maximum absolute atomic E-state index is 12.9. The van der Waals surface area contributed by atoms with Crippen molar-refractivity contribution >= 4 is 41.1 Å². The Kier molecular flexibility index (Phi) is 6.37. The van der Waals surface area contributed by atoms with Crippen LogP contribution in [0, 0.1) is 0 Å². The third-order valence-electron chi connectivity index (χ3n) is 4.50. The summed E-state index contributed by atoms with van der Waals surface area (Å²) in [6.07, 6.45) is 1.05. The fraction of sp³-hybridized carbons (Fsp3) is 0.238. The lowest BCUT2D eigenvalue weighted by molar-refractivity contribution is -0.117. The van der Waals surface area contributed by atoms with E-state index in [1.165, 1.54) is 55.5 Å².